The maximum Gasteiger partial charge on any atom is 0.261 e. The molecule has 0 amide bonds. The van der Waals surface area contributed by atoms with E-state index in [1.807, 2.05) is 7.05 Å². The summed E-state index contributed by atoms with van der Waals surface area (Å²) in [5, 5.41) is 2.86. The molecule has 0 spiro atoms. The molecule has 1 N–H and O–H groups in total. The Morgan fingerprint density at radius 3 is 2.57 bits per heavy atom. The molecule has 4 heteroatoms. The molecule has 0 aliphatic carbocycles. The Morgan fingerprint density at radius 1 is 1.50 bits per heavy atom. The Labute approximate surface area is 84.7 Å². The van der Waals surface area contributed by atoms with E-state index < -0.39 is 5.92 Å². The first-order valence-corrected chi connectivity index (χ1v) is 5.22. The summed E-state index contributed by atoms with van der Waals surface area (Å²) in [6.07, 6.45) is 0.809. The molecule has 0 bridgehead atoms. The van der Waals surface area contributed by atoms with Gasteiger partial charge in [-0.2, -0.15) is 0 Å². The van der Waals surface area contributed by atoms with Crippen LogP contribution in [0, 0.1) is 0 Å². The summed E-state index contributed by atoms with van der Waals surface area (Å²) in [7, 11) is 2.03. The molecule has 1 rings (SSSR count). The quantitative estimate of drug-likeness (QED) is 0.753. The lowest BCUT2D eigenvalue weighted by molar-refractivity contribution is 0.0206. The fourth-order valence-corrected chi connectivity index (χ4v) is 1.62. The van der Waals surface area contributed by atoms with Crippen LogP contribution >= 0.6 is 0 Å². The van der Waals surface area contributed by atoms with Crippen molar-refractivity contribution in [1.29, 1.82) is 0 Å². The van der Waals surface area contributed by atoms with Crippen LogP contribution in [-0.2, 0) is 0 Å². The molecule has 0 aromatic heterocycles. The molecule has 1 unspecified atom stereocenters. The number of nitrogens with zero attached hydrogens (tertiary/aromatic N) is 1. The van der Waals surface area contributed by atoms with Gasteiger partial charge in [0.25, 0.3) is 5.92 Å². The molecule has 1 atom stereocenters. The molecule has 0 aromatic rings. The predicted octanol–water partition coefficient (Wildman–Crippen LogP) is 1.71. The van der Waals surface area contributed by atoms with Crippen molar-refractivity contribution in [2.45, 2.75) is 44.7 Å². The van der Waals surface area contributed by atoms with Crippen LogP contribution in [0.2, 0.25) is 0 Å². The molecule has 84 valence electrons. The van der Waals surface area contributed by atoms with Crippen LogP contribution < -0.4 is 5.32 Å². The lowest BCUT2D eigenvalue weighted by Crippen LogP contribution is -2.32. The van der Waals surface area contributed by atoms with Crippen molar-refractivity contribution in [3.8, 4) is 0 Å². The highest BCUT2D eigenvalue weighted by Crippen LogP contribution is 2.26. The van der Waals surface area contributed by atoms with Crippen molar-refractivity contribution in [2.75, 3.05) is 20.1 Å². The third kappa shape index (κ3) is 3.50. The van der Waals surface area contributed by atoms with E-state index in [-0.39, 0.29) is 19.0 Å². The molecule has 1 heterocycles. The van der Waals surface area contributed by atoms with E-state index in [1.165, 1.54) is 0 Å². The molecule has 1 saturated heterocycles. The van der Waals surface area contributed by atoms with Gasteiger partial charge >= 0.3 is 0 Å². The van der Waals surface area contributed by atoms with E-state index >= 15 is 0 Å². The fourth-order valence-electron chi connectivity index (χ4n) is 1.62. The van der Waals surface area contributed by atoms with Gasteiger partial charge in [0.05, 0.1) is 6.54 Å². The van der Waals surface area contributed by atoms with Crippen molar-refractivity contribution in [1.82, 2.24) is 10.2 Å². The standard InChI is InChI=1S/C10H20F2N2/c1-8(2)14(3)5-4-9-6-10(11,12)7-13-9/h8-9,13H,4-7H2,1-3H3. The largest absolute Gasteiger partial charge is 0.308 e. The lowest BCUT2D eigenvalue weighted by atomic mass is 10.1. The molecular weight excluding hydrogens is 186 g/mol. The van der Waals surface area contributed by atoms with Gasteiger partial charge in [0, 0.05) is 18.5 Å². The zero-order chi connectivity index (χ0) is 10.8. The van der Waals surface area contributed by atoms with E-state index in [0.717, 1.165) is 13.0 Å². The third-order valence-electron chi connectivity index (χ3n) is 2.91. The highest BCUT2D eigenvalue weighted by molar-refractivity contribution is 4.87. The number of hydrogen-bond acceptors (Lipinski definition) is 2. The predicted molar refractivity (Wildman–Crippen MR) is 53.7 cm³/mol. The minimum absolute atomic E-state index is 0.00106. The Hall–Kier alpha value is -0.220. The normalized spacial score (nSPS) is 26.4. The Balaban J connectivity index is 2.21. The van der Waals surface area contributed by atoms with Crippen molar-refractivity contribution in [3.05, 3.63) is 0 Å². The molecule has 0 aromatic carbocycles. The van der Waals surface area contributed by atoms with Gasteiger partial charge < -0.3 is 10.2 Å². The first kappa shape index (κ1) is 11.9. The molecule has 0 saturated carbocycles. The number of hydrogen-bond donors (Lipinski definition) is 1. The SMILES string of the molecule is CC(C)N(C)CCC1CC(F)(F)CN1. The van der Waals surface area contributed by atoms with Gasteiger partial charge in [-0.15, -0.1) is 0 Å². The second-order valence-corrected chi connectivity index (χ2v) is 4.50. The van der Waals surface area contributed by atoms with E-state index in [9.17, 15) is 8.78 Å². The first-order valence-electron chi connectivity index (χ1n) is 5.22. The van der Waals surface area contributed by atoms with Crippen LogP contribution in [0.15, 0.2) is 0 Å². The number of nitrogens with one attached hydrogen (secondary N) is 1. The van der Waals surface area contributed by atoms with E-state index in [0.29, 0.717) is 6.04 Å². The lowest BCUT2D eigenvalue weighted by Gasteiger charge is -2.22. The Kier molecular flexibility index (Phi) is 3.84. The summed E-state index contributed by atoms with van der Waals surface area (Å²) >= 11 is 0. The number of rotatable bonds is 4. The van der Waals surface area contributed by atoms with Gasteiger partial charge in [-0.3, -0.25) is 0 Å². The molecule has 1 fully saturated rings. The van der Waals surface area contributed by atoms with Gasteiger partial charge in [0.15, 0.2) is 0 Å². The van der Waals surface area contributed by atoms with Gasteiger partial charge in [-0.05, 0) is 33.9 Å². The number of alkyl halides is 2. The average Bonchev–Trinajstić information content (AvgIpc) is 2.41. The molecule has 1 aliphatic heterocycles. The molecule has 1 aliphatic rings. The highest BCUT2D eigenvalue weighted by Gasteiger charge is 2.38. The third-order valence-corrected chi connectivity index (χ3v) is 2.91. The number of halogens is 2. The van der Waals surface area contributed by atoms with Crippen LogP contribution in [-0.4, -0.2) is 43.0 Å². The van der Waals surface area contributed by atoms with E-state index in [4.69, 9.17) is 0 Å². The van der Waals surface area contributed by atoms with Crippen LogP contribution in [0.3, 0.4) is 0 Å². The fraction of sp³-hybridized carbons (Fsp3) is 1.00. The maximum atomic E-state index is 12.8. The summed E-state index contributed by atoms with van der Waals surface area (Å²) < 4.78 is 25.6. The summed E-state index contributed by atoms with van der Waals surface area (Å²) in [6.45, 7) is 4.95. The van der Waals surface area contributed by atoms with E-state index in [2.05, 4.69) is 24.1 Å². The second-order valence-electron chi connectivity index (χ2n) is 4.50. The highest BCUT2D eigenvalue weighted by atomic mass is 19.3. The Bertz CT molecular complexity index is 183. The minimum atomic E-state index is -2.49. The van der Waals surface area contributed by atoms with Crippen LogP contribution in [0.4, 0.5) is 8.78 Å². The molecule has 2 nitrogen and oxygen atoms in total. The van der Waals surface area contributed by atoms with Gasteiger partial charge in [-0.1, -0.05) is 0 Å². The summed E-state index contributed by atoms with van der Waals surface area (Å²) in [4.78, 5) is 2.18. The minimum Gasteiger partial charge on any atom is -0.308 e. The Morgan fingerprint density at radius 2 is 2.14 bits per heavy atom. The van der Waals surface area contributed by atoms with Crippen molar-refractivity contribution in [2.24, 2.45) is 0 Å². The second kappa shape index (κ2) is 4.53. The zero-order valence-corrected chi connectivity index (χ0v) is 9.19. The van der Waals surface area contributed by atoms with Gasteiger partial charge in [0.2, 0.25) is 0 Å². The smallest absolute Gasteiger partial charge is 0.261 e. The van der Waals surface area contributed by atoms with Crippen molar-refractivity contribution >= 4 is 0 Å². The first-order chi connectivity index (χ1) is 6.41. The van der Waals surface area contributed by atoms with Gasteiger partial charge in [0.1, 0.15) is 0 Å². The van der Waals surface area contributed by atoms with Gasteiger partial charge in [-0.25, -0.2) is 8.78 Å². The summed E-state index contributed by atoms with van der Waals surface area (Å²) in [5.41, 5.74) is 0. The molecule has 14 heavy (non-hydrogen) atoms. The van der Waals surface area contributed by atoms with Crippen molar-refractivity contribution < 1.29 is 8.78 Å². The molecular formula is C10H20F2N2. The van der Waals surface area contributed by atoms with Crippen molar-refractivity contribution in [3.63, 3.8) is 0 Å². The topological polar surface area (TPSA) is 15.3 Å². The summed E-state index contributed by atoms with van der Waals surface area (Å²) in [5.74, 6) is -2.49. The average molecular weight is 206 g/mol. The zero-order valence-electron chi connectivity index (χ0n) is 9.19. The maximum absolute atomic E-state index is 12.8. The van der Waals surface area contributed by atoms with Crippen LogP contribution in [0.5, 0.6) is 0 Å². The van der Waals surface area contributed by atoms with E-state index in [1.54, 1.807) is 0 Å². The van der Waals surface area contributed by atoms with Crippen LogP contribution in [0.25, 0.3) is 0 Å². The molecule has 0 radical (unpaired) electrons. The van der Waals surface area contributed by atoms with Crippen LogP contribution in [0.1, 0.15) is 26.7 Å². The monoisotopic (exact) mass is 206 g/mol. The summed E-state index contributed by atoms with van der Waals surface area (Å²) in [6, 6.07) is 0.475.